The van der Waals surface area contributed by atoms with Gasteiger partial charge < -0.3 is 4.90 Å². The number of benzene rings is 6. The minimum absolute atomic E-state index is 0.152. The SMILES string of the molecule is CC1(C)c2cc3c(cc2-c2ccc4c(ccc5ccc6sc(-c7ccccc7)nc6c54)c21)C1=CC=CCC1N3c1ccccc1. The zero-order valence-electron chi connectivity index (χ0n) is 25.2. The summed E-state index contributed by atoms with van der Waals surface area (Å²) in [7, 11) is 0. The number of rotatable bonds is 2. The third-order valence-electron chi connectivity index (χ3n) is 10.3. The van der Waals surface area contributed by atoms with Crippen LogP contribution < -0.4 is 4.90 Å². The van der Waals surface area contributed by atoms with Gasteiger partial charge in [-0.05, 0) is 80.7 Å². The van der Waals surface area contributed by atoms with E-state index in [4.69, 9.17) is 4.98 Å². The highest BCUT2D eigenvalue weighted by atomic mass is 32.1. The lowest BCUT2D eigenvalue weighted by Crippen LogP contribution is -2.27. The van der Waals surface area contributed by atoms with Gasteiger partial charge in [0.2, 0.25) is 0 Å². The van der Waals surface area contributed by atoms with Gasteiger partial charge in [0.05, 0.1) is 16.3 Å². The summed E-state index contributed by atoms with van der Waals surface area (Å²) in [6.07, 6.45) is 7.89. The molecule has 0 N–H and O–H groups in total. The quantitative estimate of drug-likeness (QED) is 0.185. The van der Waals surface area contributed by atoms with Gasteiger partial charge in [-0.3, -0.25) is 0 Å². The standard InChI is InChI=1S/C42H30N2S/c1-42(2)34-24-36-33(28-15-9-10-16-35(28)44(36)27-13-7-4-8-14-27)23-32(34)31-21-20-29-30(39(31)42)19-17-25-18-22-37-40(38(25)29)43-41(45-37)26-11-5-3-6-12-26/h3-15,17-24,35H,16H2,1-2H3. The first-order chi connectivity index (χ1) is 22.1. The number of allylic oxidation sites excluding steroid dienone is 2. The molecule has 0 saturated carbocycles. The maximum Gasteiger partial charge on any atom is 0.124 e. The van der Waals surface area contributed by atoms with Crippen LogP contribution in [0.5, 0.6) is 0 Å². The topological polar surface area (TPSA) is 16.1 Å². The summed E-state index contributed by atoms with van der Waals surface area (Å²) in [4.78, 5) is 7.82. The van der Waals surface area contributed by atoms with E-state index in [2.05, 4.69) is 146 Å². The molecule has 0 saturated heterocycles. The first-order valence-corrected chi connectivity index (χ1v) is 16.6. The van der Waals surface area contributed by atoms with Gasteiger partial charge in [-0.1, -0.05) is 111 Å². The van der Waals surface area contributed by atoms with E-state index in [0.717, 1.165) is 16.9 Å². The zero-order valence-corrected chi connectivity index (χ0v) is 26.0. The van der Waals surface area contributed by atoms with Crippen molar-refractivity contribution in [3.05, 3.63) is 144 Å². The molecular formula is C42H30N2S. The summed E-state index contributed by atoms with van der Waals surface area (Å²) < 4.78 is 1.23. The van der Waals surface area contributed by atoms with Crippen molar-refractivity contribution in [2.75, 3.05) is 4.90 Å². The van der Waals surface area contributed by atoms with Crippen LogP contribution in [-0.4, -0.2) is 11.0 Å². The lowest BCUT2D eigenvalue weighted by molar-refractivity contribution is 0.666. The van der Waals surface area contributed by atoms with E-state index in [9.17, 15) is 0 Å². The summed E-state index contributed by atoms with van der Waals surface area (Å²) in [6.45, 7) is 4.83. The molecule has 1 unspecified atom stereocenters. The Morgan fingerprint density at radius 1 is 0.778 bits per heavy atom. The summed E-state index contributed by atoms with van der Waals surface area (Å²) >= 11 is 1.78. The van der Waals surface area contributed by atoms with Gasteiger partial charge in [0.15, 0.2) is 0 Å². The molecular weight excluding hydrogens is 565 g/mol. The third-order valence-corrected chi connectivity index (χ3v) is 11.4. The molecule has 2 heterocycles. The minimum Gasteiger partial charge on any atom is -0.333 e. The van der Waals surface area contributed by atoms with Gasteiger partial charge in [0, 0.05) is 33.3 Å². The van der Waals surface area contributed by atoms with Gasteiger partial charge in [-0.15, -0.1) is 11.3 Å². The number of aromatic nitrogens is 1. The molecule has 2 nitrogen and oxygen atoms in total. The highest BCUT2D eigenvalue weighted by molar-refractivity contribution is 7.21. The van der Waals surface area contributed by atoms with Crippen LogP contribution in [0.3, 0.4) is 0 Å². The maximum atomic E-state index is 5.25. The van der Waals surface area contributed by atoms with Crippen LogP contribution in [0.15, 0.2) is 127 Å². The molecule has 214 valence electrons. The van der Waals surface area contributed by atoms with Crippen molar-refractivity contribution in [1.29, 1.82) is 0 Å². The van der Waals surface area contributed by atoms with E-state index in [1.54, 1.807) is 11.3 Å². The van der Waals surface area contributed by atoms with Crippen molar-refractivity contribution in [1.82, 2.24) is 4.98 Å². The fourth-order valence-corrected chi connectivity index (χ4v) is 9.30. The molecule has 10 rings (SSSR count). The summed E-state index contributed by atoms with van der Waals surface area (Å²) in [6, 6.07) is 40.7. The van der Waals surface area contributed by atoms with E-state index >= 15 is 0 Å². The summed E-state index contributed by atoms with van der Waals surface area (Å²) in [5.41, 5.74) is 13.1. The van der Waals surface area contributed by atoms with Gasteiger partial charge in [-0.25, -0.2) is 4.98 Å². The Morgan fingerprint density at radius 2 is 1.56 bits per heavy atom. The smallest absolute Gasteiger partial charge is 0.124 e. The maximum absolute atomic E-state index is 5.25. The number of thiazole rings is 1. The van der Waals surface area contributed by atoms with Gasteiger partial charge >= 0.3 is 0 Å². The van der Waals surface area contributed by atoms with Crippen LogP contribution >= 0.6 is 11.3 Å². The number of hydrogen-bond donors (Lipinski definition) is 0. The number of nitrogens with zero attached hydrogens (tertiary/aromatic N) is 2. The molecule has 0 fully saturated rings. The molecule has 3 heteroatoms. The first-order valence-electron chi connectivity index (χ1n) is 15.8. The molecule has 6 aromatic carbocycles. The fraction of sp³-hybridized carbons (Fsp3) is 0.119. The molecule has 0 radical (unpaired) electrons. The second-order valence-electron chi connectivity index (χ2n) is 13.1. The van der Waals surface area contributed by atoms with Crippen molar-refractivity contribution in [3.63, 3.8) is 0 Å². The monoisotopic (exact) mass is 594 g/mol. The Kier molecular flexibility index (Phi) is 5.09. The van der Waals surface area contributed by atoms with E-state index in [1.165, 1.54) is 76.6 Å². The van der Waals surface area contributed by atoms with Crippen molar-refractivity contribution in [2.45, 2.75) is 31.7 Å². The number of para-hydroxylation sites is 1. The molecule has 45 heavy (non-hydrogen) atoms. The molecule has 1 aromatic heterocycles. The summed E-state index contributed by atoms with van der Waals surface area (Å²) in [5.74, 6) is 0. The minimum atomic E-state index is -0.152. The second kappa shape index (κ2) is 9.03. The Hall–Kier alpha value is -4.99. The molecule has 7 aromatic rings. The predicted octanol–water partition coefficient (Wildman–Crippen LogP) is 11.4. The van der Waals surface area contributed by atoms with Crippen molar-refractivity contribution in [2.24, 2.45) is 0 Å². The van der Waals surface area contributed by atoms with Gasteiger partial charge in [0.1, 0.15) is 5.01 Å². The Balaban J connectivity index is 1.21. The molecule has 3 aliphatic rings. The predicted molar refractivity (Wildman–Crippen MR) is 192 cm³/mol. The third kappa shape index (κ3) is 3.42. The van der Waals surface area contributed by atoms with Crippen molar-refractivity contribution < 1.29 is 0 Å². The molecule has 0 amide bonds. The van der Waals surface area contributed by atoms with Crippen LogP contribution in [-0.2, 0) is 5.41 Å². The van der Waals surface area contributed by atoms with Gasteiger partial charge in [0.25, 0.3) is 0 Å². The van der Waals surface area contributed by atoms with E-state index in [1.807, 2.05) is 0 Å². The highest BCUT2D eigenvalue weighted by Crippen LogP contribution is 2.57. The first kappa shape index (κ1) is 25.3. The zero-order chi connectivity index (χ0) is 29.9. The van der Waals surface area contributed by atoms with Crippen LogP contribution in [0.25, 0.3) is 59.0 Å². The molecule has 0 bridgehead atoms. The van der Waals surface area contributed by atoms with Crippen LogP contribution in [0, 0.1) is 0 Å². The average molecular weight is 595 g/mol. The highest BCUT2D eigenvalue weighted by Gasteiger charge is 2.42. The molecule has 1 atom stereocenters. The van der Waals surface area contributed by atoms with Crippen molar-refractivity contribution in [3.8, 4) is 21.7 Å². The lowest BCUT2D eigenvalue weighted by atomic mass is 9.79. The Bertz CT molecular complexity index is 2430. The van der Waals surface area contributed by atoms with E-state index in [0.29, 0.717) is 6.04 Å². The van der Waals surface area contributed by atoms with Gasteiger partial charge in [-0.2, -0.15) is 0 Å². The van der Waals surface area contributed by atoms with Crippen LogP contribution in [0.2, 0.25) is 0 Å². The molecule has 2 aliphatic carbocycles. The van der Waals surface area contributed by atoms with Crippen molar-refractivity contribution >= 4 is 60.0 Å². The largest absolute Gasteiger partial charge is 0.333 e. The fourth-order valence-electron chi connectivity index (χ4n) is 8.32. The number of anilines is 2. The van der Waals surface area contributed by atoms with Crippen LogP contribution in [0.4, 0.5) is 11.4 Å². The Labute approximate surface area is 266 Å². The lowest BCUT2D eigenvalue weighted by Gasteiger charge is -2.29. The van der Waals surface area contributed by atoms with E-state index in [-0.39, 0.29) is 5.41 Å². The normalized spacial score (nSPS) is 17.4. The van der Waals surface area contributed by atoms with E-state index < -0.39 is 0 Å². The summed E-state index contributed by atoms with van der Waals surface area (Å²) in [5, 5.41) is 6.21. The second-order valence-corrected chi connectivity index (χ2v) is 14.1. The molecule has 0 spiro atoms. The Morgan fingerprint density at radius 3 is 2.40 bits per heavy atom. The number of fused-ring (bicyclic) bond motifs is 12. The number of hydrogen-bond acceptors (Lipinski definition) is 3. The molecule has 1 aliphatic heterocycles. The van der Waals surface area contributed by atoms with Crippen LogP contribution in [0.1, 0.15) is 37.0 Å². The average Bonchev–Trinajstić information content (AvgIpc) is 3.73.